The van der Waals surface area contributed by atoms with Crippen LogP contribution in [0.15, 0.2) is 29.3 Å². The van der Waals surface area contributed by atoms with Crippen LogP contribution in [0.3, 0.4) is 0 Å². The van der Waals surface area contributed by atoms with E-state index in [1.807, 2.05) is 6.92 Å². The maximum Gasteiger partial charge on any atom is 0.191 e. The Labute approximate surface area is 148 Å². The lowest BCUT2D eigenvalue weighted by atomic mass is 9.84. The molecule has 1 aromatic carbocycles. The van der Waals surface area contributed by atoms with E-state index < -0.39 is 0 Å². The van der Waals surface area contributed by atoms with Crippen molar-refractivity contribution < 1.29 is 4.74 Å². The largest absolute Gasteiger partial charge is 0.382 e. The number of nitrogens with one attached hydrogen (secondary N) is 2. The van der Waals surface area contributed by atoms with Gasteiger partial charge in [0.25, 0.3) is 0 Å². The van der Waals surface area contributed by atoms with Crippen molar-refractivity contribution in [2.75, 3.05) is 32.8 Å². The summed E-state index contributed by atoms with van der Waals surface area (Å²) in [6.45, 7) is 14.9. The van der Waals surface area contributed by atoms with Gasteiger partial charge in [-0.15, -0.1) is 0 Å². The molecule has 0 bridgehead atoms. The van der Waals surface area contributed by atoms with E-state index >= 15 is 0 Å². The molecule has 0 saturated heterocycles. The van der Waals surface area contributed by atoms with E-state index in [0.29, 0.717) is 0 Å². The van der Waals surface area contributed by atoms with Crippen LogP contribution in [-0.2, 0) is 10.2 Å². The molecule has 4 nitrogen and oxygen atoms in total. The van der Waals surface area contributed by atoms with E-state index in [9.17, 15) is 0 Å². The van der Waals surface area contributed by atoms with Gasteiger partial charge >= 0.3 is 0 Å². The van der Waals surface area contributed by atoms with Crippen LogP contribution < -0.4 is 10.6 Å². The second-order valence-corrected chi connectivity index (χ2v) is 6.78. The summed E-state index contributed by atoms with van der Waals surface area (Å²) >= 11 is 0. The normalized spacial score (nSPS) is 12.3. The van der Waals surface area contributed by atoms with Crippen molar-refractivity contribution in [3.8, 4) is 0 Å². The molecular formula is C20H35N3O. The van der Waals surface area contributed by atoms with Crippen LogP contribution in [0.1, 0.15) is 51.7 Å². The highest BCUT2D eigenvalue weighted by Crippen LogP contribution is 2.23. The van der Waals surface area contributed by atoms with Gasteiger partial charge in [0, 0.05) is 31.7 Å². The Hall–Kier alpha value is -1.55. The van der Waals surface area contributed by atoms with E-state index in [-0.39, 0.29) is 5.41 Å². The number of benzene rings is 1. The summed E-state index contributed by atoms with van der Waals surface area (Å²) in [6.07, 6.45) is 2.17. The Kier molecular flexibility index (Phi) is 9.46. The minimum absolute atomic E-state index is 0.0189. The summed E-state index contributed by atoms with van der Waals surface area (Å²) < 4.78 is 5.36. The quantitative estimate of drug-likeness (QED) is 0.390. The van der Waals surface area contributed by atoms with Crippen molar-refractivity contribution in [2.24, 2.45) is 4.99 Å². The van der Waals surface area contributed by atoms with Crippen molar-refractivity contribution in [1.82, 2.24) is 10.6 Å². The molecule has 0 aromatic heterocycles. The molecule has 0 saturated carbocycles. The number of aryl methyl sites for hydroxylation is 1. The van der Waals surface area contributed by atoms with Gasteiger partial charge in [-0.25, -0.2) is 0 Å². The third kappa shape index (κ3) is 7.82. The molecule has 24 heavy (non-hydrogen) atoms. The molecule has 2 N–H and O–H groups in total. The zero-order valence-corrected chi connectivity index (χ0v) is 16.1. The molecule has 136 valence electrons. The standard InChI is InChI=1S/C20H35N3O/c1-6-21-19(22-14-8-9-15-24-7-2)23-16-20(4,5)18-12-10-17(3)11-13-18/h10-13H,6-9,14-16H2,1-5H3,(H2,21,22,23). The van der Waals surface area contributed by atoms with E-state index in [0.717, 1.165) is 51.6 Å². The van der Waals surface area contributed by atoms with Gasteiger partial charge in [-0.05, 0) is 39.2 Å². The fourth-order valence-electron chi connectivity index (χ4n) is 2.39. The third-order valence-corrected chi connectivity index (χ3v) is 4.02. The number of rotatable bonds is 10. The summed E-state index contributed by atoms with van der Waals surface area (Å²) in [5.74, 6) is 0.897. The summed E-state index contributed by atoms with van der Waals surface area (Å²) in [5.41, 5.74) is 2.63. The van der Waals surface area contributed by atoms with Crippen LogP contribution in [0.2, 0.25) is 0 Å². The van der Waals surface area contributed by atoms with E-state index in [2.05, 4.69) is 62.6 Å². The minimum atomic E-state index is 0.0189. The van der Waals surface area contributed by atoms with Crippen LogP contribution in [0, 0.1) is 6.92 Å². The Morgan fingerprint density at radius 3 is 2.42 bits per heavy atom. The van der Waals surface area contributed by atoms with Crippen molar-refractivity contribution in [1.29, 1.82) is 0 Å². The topological polar surface area (TPSA) is 45.7 Å². The van der Waals surface area contributed by atoms with E-state index in [1.54, 1.807) is 0 Å². The van der Waals surface area contributed by atoms with Crippen LogP contribution in [0.5, 0.6) is 0 Å². The van der Waals surface area contributed by atoms with Crippen molar-refractivity contribution >= 4 is 5.96 Å². The number of hydrogen-bond donors (Lipinski definition) is 2. The number of ether oxygens (including phenoxy) is 1. The summed E-state index contributed by atoms with van der Waals surface area (Å²) in [5, 5.41) is 6.74. The van der Waals surface area contributed by atoms with Crippen molar-refractivity contribution in [3.05, 3.63) is 35.4 Å². The van der Waals surface area contributed by atoms with E-state index in [1.165, 1.54) is 11.1 Å². The molecule has 4 heteroatoms. The predicted molar refractivity (Wildman–Crippen MR) is 104 cm³/mol. The Morgan fingerprint density at radius 2 is 1.79 bits per heavy atom. The molecule has 0 aliphatic carbocycles. The highest BCUT2D eigenvalue weighted by molar-refractivity contribution is 5.79. The molecule has 0 atom stereocenters. The molecular weight excluding hydrogens is 298 g/mol. The Bertz CT molecular complexity index is 480. The third-order valence-electron chi connectivity index (χ3n) is 4.02. The SMILES string of the molecule is CCNC(=NCC(C)(C)c1ccc(C)cc1)NCCCCOCC. The fraction of sp³-hybridized carbons (Fsp3) is 0.650. The molecule has 0 aliphatic heterocycles. The summed E-state index contributed by atoms with van der Waals surface area (Å²) in [6, 6.07) is 8.75. The highest BCUT2D eigenvalue weighted by Gasteiger charge is 2.20. The molecule has 1 aromatic rings. The monoisotopic (exact) mass is 333 g/mol. The first-order chi connectivity index (χ1) is 11.5. The molecule has 1 rings (SSSR count). The number of aliphatic imine (C=N–C) groups is 1. The second kappa shape index (κ2) is 11.1. The van der Waals surface area contributed by atoms with Crippen molar-refractivity contribution in [3.63, 3.8) is 0 Å². The number of hydrogen-bond acceptors (Lipinski definition) is 2. The molecule has 0 unspecified atom stereocenters. The first kappa shape index (κ1) is 20.5. The maximum absolute atomic E-state index is 5.36. The van der Waals surface area contributed by atoms with Crippen LogP contribution in [-0.4, -0.2) is 38.8 Å². The minimum Gasteiger partial charge on any atom is -0.382 e. The lowest BCUT2D eigenvalue weighted by Crippen LogP contribution is -2.39. The van der Waals surface area contributed by atoms with Gasteiger partial charge < -0.3 is 15.4 Å². The van der Waals surface area contributed by atoms with Gasteiger partial charge in [-0.1, -0.05) is 43.7 Å². The molecule has 0 aliphatic rings. The fourth-order valence-corrected chi connectivity index (χ4v) is 2.39. The average Bonchev–Trinajstić information content (AvgIpc) is 2.56. The predicted octanol–water partition coefficient (Wildman–Crippen LogP) is 3.64. The Balaban J connectivity index is 2.52. The number of unbranched alkanes of at least 4 members (excludes halogenated alkanes) is 1. The van der Waals surface area contributed by atoms with Gasteiger partial charge in [0.15, 0.2) is 5.96 Å². The van der Waals surface area contributed by atoms with Gasteiger partial charge in [0.1, 0.15) is 0 Å². The average molecular weight is 334 g/mol. The molecule has 0 heterocycles. The first-order valence-electron chi connectivity index (χ1n) is 9.16. The smallest absolute Gasteiger partial charge is 0.191 e. The zero-order valence-electron chi connectivity index (χ0n) is 16.1. The molecule has 0 fully saturated rings. The summed E-state index contributed by atoms with van der Waals surface area (Å²) in [4.78, 5) is 4.78. The van der Waals surface area contributed by atoms with Crippen LogP contribution in [0.25, 0.3) is 0 Å². The van der Waals surface area contributed by atoms with Gasteiger partial charge in [-0.2, -0.15) is 0 Å². The lowest BCUT2D eigenvalue weighted by molar-refractivity contribution is 0.143. The Morgan fingerprint density at radius 1 is 1.08 bits per heavy atom. The van der Waals surface area contributed by atoms with Gasteiger partial charge in [0.05, 0.1) is 6.54 Å². The summed E-state index contributed by atoms with van der Waals surface area (Å²) in [7, 11) is 0. The molecule has 0 radical (unpaired) electrons. The maximum atomic E-state index is 5.36. The number of nitrogens with zero attached hydrogens (tertiary/aromatic N) is 1. The second-order valence-electron chi connectivity index (χ2n) is 6.78. The van der Waals surface area contributed by atoms with Crippen LogP contribution >= 0.6 is 0 Å². The first-order valence-corrected chi connectivity index (χ1v) is 9.16. The molecule has 0 amide bonds. The van der Waals surface area contributed by atoms with Gasteiger partial charge in [0.2, 0.25) is 0 Å². The lowest BCUT2D eigenvalue weighted by Gasteiger charge is -2.24. The zero-order chi connectivity index (χ0) is 17.8. The van der Waals surface area contributed by atoms with Crippen molar-refractivity contribution in [2.45, 2.75) is 52.9 Å². The van der Waals surface area contributed by atoms with Crippen LogP contribution in [0.4, 0.5) is 0 Å². The number of guanidine groups is 1. The van der Waals surface area contributed by atoms with E-state index in [4.69, 9.17) is 9.73 Å². The molecule has 0 spiro atoms. The van der Waals surface area contributed by atoms with Gasteiger partial charge in [-0.3, -0.25) is 4.99 Å². The highest BCUT2D eigenvalue weighted by atomic mass is 16.5.